The lowest BCUT2D eigenvalue weighted by molar-refractivity contribution is 0.937. The molecule has 12 heavy (non-hydrogen) atoms. The zero-order valence-electron chi connectivity index (χ0n) is 6.03. The van der Waals surface area contributed by atoms with Crippen LogP contribution in [0.2, 0.25) is 0 Å². The molecule has 2 rings (SSSR count). The Labute approximate surface area is 77.4 Å². The largest absolute Gasteiger partial charge is 0.240 e. The summed E-state index contributed by atoms with van der Waals surface area (Å²) in [5.41, 5.74) is 1.48. The van der Waals surface area contributed by atoms with Gasteiger partial charge in [0, 0.05) is 10.7 Å². The predicted octanol–water partition coefficient (Wildman–Crippen LogP) is 1.97. The monoisotopic (exact) mass is 221 g/mol. The second-order valence-corrected chi connectivity index (χ2v) is 3.20. The van der Waals surface area contributed by atoms with Gasteiger partial charge in [0.2, 0.25) is 0 Å². The van der Waals surface area contributed by atoms with E-state index in [1.807, 2.05) is 18.3 Å². The van der Waals surface area contributed by atoms with Crippen LogP contribution in [0.3, 0.4) is 0 Å². The summed E-state index contributed by atoms with van der Waals surface area (Å²) in [5.74, 6) is 0. The first-order valence-corrected chi connectivity index (χ1v) is 4.13. The fraction of sp³-hybridized carbons (Fsp3) is 0. The summed E-state index contributed by atoms with van der Waals surface area (Å²) in [4.78, 5) is 0. The molecule has 0 unspecified atom stereocenters. The Morgan fingerprint density at radius 2 is 2.42 bits per heavy atom. The second-order valence-electron chi connectivity index (χ2n) is 2.35. The van der Waals surface area contributed by atoms with E-state index >= 15 is 0 Å². The number of halogens is 1. The highest BCUT2D eigenvalue weighted by Gasteiger charge is 2.00. The molecule has 0 aliphatic carbocycles. The number of rotatable bonds is 0. The quantitative estimate of drug-likeness (QED) is 0.683. The van der Waals surface area contributed by atoms with Gasteiger partial charge >= 0.3 is 0 Å². The maximum absolute atomic E-state index is 8.61. The lowest BCUT2D eigenvalue weighted by Gasteiger charge is -1.93. The van der Waals surface area contributed by atoms with Crippen molar-refractivity contribution < 1.29 is 0 Å². The fourth-order valence-corrected chi connectivity index (χ4v) is 1.43. The van der Waals surface area contributed by atoms with Gasteiger partial charge in [0.05, 0.1) is 17.3 Å². The fourth-order valence-electron chi connectivity index (χ4n) is 1.02. The topological polar surface area (TPSA) is 41.1 Å². The summed E-state index contributed by atoms with van der Waals surface area (Å²) >= 11 is 3.36. The van der Waals surface area contributed by atoms with Gasteiger partial charge in [-0.1, -0.05) is 0 Å². The van der Waals surface area contributed by atoms with Crippen LogP contribution in [0.25, 0.3) is 5.52 Å². The first-order valence-electron chi connectivity index (χ1n) is 3.34. The van der Waals surface area contributed by atoms with Crippen molar-refractivity contribution in [3.63, 3.8) is 0 Å². The van der Waals surface area contributed by atoms with Gasteiger partial charge in [0.15, 0.2) is 0 Å². The molecule has 4 heteroatoms. The minimum atomic E-state index is 0.571. The third-order valence-electron chi connectivity index (χ3n) is 1.60. The molecule has 0 saturated heterocycles. The van der Waals surface area contributed by atoms with E-state index < -0.39 is 0 Å². The van der Waals surface area contributed by atoms with Crippen molar-refractivity contribution in [3.05, 3.63) is 34.6 Å². The van der Waals surface area contributed by atoms with Crippen molar-refractivity contribution in [2.45, 2.75) is 0 Å². The standard InChI is InChI=1S/C8H4BrN3/c9-7-1-2-12-8(7)3-6(4-10)5-11-12/h1-3,5H. The Hall–Kier alpha value is -1.34. The van der Waals surface area contributed by atoms with Gasteiger partial charge in [-0.2, -0.15) is 10.4 Å². The van der Waals surface area contributed by atoms with Crippen molar-refractivity contribution >= 4 is 21.4 Å². The van der Waals surface area contributed by atoms with Gasteiger partial charge < -0.3 is 0 Å². The molecule has 0 amide bonds. The van der Waals surface area contributed by atoms with E-state index in [4.69, 9.17) is 5.26 Å². The predicted molar refractivity (Wildman–Crippen MR) is 47.6 cm³/mol. The molecule has 0 saturated carbocycles. The smallest absolute Gasteiger partial charge is 0.101 e. The number of aromatic nitrogens is 2. The minimum absolute atomic E-state index is 0.571. The average molecular weight is 222 g/mol. The molecule has 2 aromatic rings. The molecule has 0 aliphatic heterocycles. The van der Waals surface area contributed by atoms with Gasteiger partial charge in [-0.05, 0) is 28.1 Å². The minimum Gasteiger partial charge on any atom is -0.240 e. The second kappa shape index (κ2) is 2.61. The van der Waals surface area contributed by atoms with Crippen LogP contribution in [-0.4, -0.2) is 9.61 Å². The van der Waals surface area contributed by atoms with E-state index in [-0.39, 0.29) is 0 Å². The van der Waals surface area contributed by atoms with Gasteiger partial charge in [0.1, 0.15) is 6.07 Å². The molecule has 0 aliphatic rings. The van der Waals surface area contributed by atoms with E-state index in [2.05, 4.69) is 21.0 Å². The van der Waals surface area contributed by atoms with E-state index in [1.54, 1.807) is 16.8 Å². The van der Waals surface area contributed by atoms with Crippen LogP contribution in [0.5, 0.6) is 0 Å². The van der Waals surface area contributed by atoms with Crippen LogP contribution in [0.1, 0.15) is 5.56 Å². The molecule has 0 N–H and O–H groups in total. The molecule has 2 aromatic heterocycles. The van der Waals surface area contributed by atoms with Gasteiger partial charge in [-0.15, -0.1) is 0 Å². The van der Waals surface area contributed by atoms with E-state index in [0.29, 0.717) is 5.56 Å². The number of fused-ring (bicyclic) bond motifs is 1. The third-order valence-corrected chi connectivity index (χ3v) is 2.27. The average Bonchev–Trinajstić information content (AvgIpc) is 2.47. The maximum Gasteiger partial charge on any atom is 0.101 e. The van der Waals surface area contributed by atoms with Crippen LogP contribution in [0.15, 0.2) is 29.0 Å². The van der Waals surface area contributed by atoms with Crippen LogP contribution >= 0.6 is 15.9 Å². The first-order chi connectivity index (χ1) is 5.81. The third kappa shape index (κ3) is 0.990. The normalized spacial score (nSPS) is 10.0. The van der Waals surface area contributed by atoms with Gasteiger partial charge in [0.25, 0.3) is 0 Å². The zero-order valence-corrected chi connectivity index (χ0v) is 7.62. The van der Waals surface area contributed by atoms with Crippen molar-refractivity contribution in [2.24, 2.45) is 0 Å². The summed E-state index contributed by atoms with van der Waals surface area (Å²) in [6.45, 7) is 0. The lowest BCUT2D eigenvalue weighted by atomic mass is 10.3. The molecule has 0 atom stereocenters. The molecule has 0 aromatic carbocycles. The highest BCUT2D eigenvalue weighted by molar-refractivity contribution is 9.10. The number of hydrogen-bond acceptors (Lipinski definition) is 2. The molecule has 3 nitrogen and oxygen atoms in total. The van der Waals surface area contributed by atoms with Gasteiger partial charge in [-0.25, -0.2) is 4.52 Å². The summed E-state index contributed by atoms with van der Waals surface area (Å²) in [6, 6.07) is 5.72. The Balaban J connectivity index is 2.82. The molecule has 58 valence electrons. The van der Waals surface area contributed by atoms with Crippen molar-refractivity contribution in [1.29, 1.82) is 5.26 Å². The highest BCUT2D eigenvalue weighted by atomic mass is 79.9. The van der Waals surface area contributed by atoms with Crippen molar-refractivity contribution in [2.75, 3.05) is 0 Å². The molecule has 0 bridgehead atoms. The SMILES string of the molecule is N#Cc1cnn2ccc(Br)c2c1. The summed E-state index contributed by atoms with van der Waals surface area (Å²) < 4.78 is 2.66. The Bertz CT molecular complexity index is 467. The number of nitrogens with zero attached hydrogens (tertiary/aromatic N) is 3. The van der Waals surface area contributed by atoms with Crippen LogP contribution in [0, 0.1) is 11.3 Å². The van der Waals surface area contributed by atoms with Gasteiger partial charge in [-0.3, -0.25) is 0 Å². The Morgan fingerprint density at radius 1 is 1.58 bits per heavy atom. The van der Waals surface area contributed by atoms with E-state index in [0.717, 1.165) is 9.99 Å². The zero-order chi connectivity index (χ0) is 8.55. The maximum atomic E-state index is 8.61. The summed E-state index contributed by atoms with van der Waals surface area (Å²) in [7, 11) is 0. The molecule has 0 radical (unpaired) electrons. The van der Waals surface area contributed by atoms with E-state index in [9.17, 15) is 0 Å². The molecular weight excluding hydrogens is 218 g/mol. The summed E-state index contributed by atoms with van der Waals surface area (Å²) in [6.07, 6.45) is 3.38. The Kier molecular flexibility index (Phi) is 1.59. The van der Waals surface area contributed by atoms with Crippen LogP contribution < -0.4 is 0 Å². The molecular formula is C8H4BrN3. The molecule has 0 fully saturated rings. The molecule has 0 spiro atoms. The highest BCUT2D eigenvalue weighted by Crippen LogP contribution is 2.18. The van der Waals surface area contributed by atoms with Crippen LogP contribution in [0.4, 0.5) is 0 Å². The number of nitriles is 1. The van der Waals surface area contributed by atoms with Crippen molar-refractivity contribution in [1.82, 2.24) is 9.61 Å². The Morgan fingerprint density at radius 3 is 3.17 bits per heavy atom. The number of hydrogen-bond donors (Lipinski definition) is 0. The lowest BCUT2D eigenvalue weighted by Crippen LogP contribution is -1.89. The van der Waals surface area contributed by atoms with Crippen LogP contribution in [-0.2, 0) is 0 Å². The van der Waals surface area contributed by atoms with E-state index in [1.165, 1.54) is 0 Å². The summed E-state index contributed by atoms with van der Waals surface area (Å²) in [5, 5.41) is 12.6. The molecule has 2 heterocycles. The first kappa shape index (κ1) is 7.32. The van der Waals surface area contributed by atoms with Crippen molar-refractivity contribution in [3.8, 4) is 6.07 Å².